The summed E-state index contributed by atoms with van der Waals surface area (Å²) in [6.45, 7) is 14.6. The molecule has 0 saturated heterocycles. The van der Waals surface area contributed by atoms with Crippen LogP contribution in [0, 0.1) is 0 Å². The fourth-order valence-corrected chi connectivity index (χ4v) is 2.30. The zero-order valence-corrected chi connectivity index (χ0v) is 18.4. The first-order valence-corrected chi connectivity index (χ1v) is 9.90. The Morgan fingerprint density at radius 1 is 1.21 bits per heavy atom. The highest BCUT2D eigenvalue weighted by Gasteiger charge is 2.13. The molecule has 28 heavy (non-hydrogen) atoms. The third-order valence-electron chi connectivity index (χ3n) is 3.71. The lowest BCUT2D eigenvalue weighted by molar-refractivity contribution is -0.121. The minimum absolute atomic E-state index is 0.0603. The van der Waals surface area contributed by atoms with Crippen LogP contribution in [-0.2, 0) is 4.79 Å². The smallest absolute Gasteiger partial charge is 0.242 e. The van der Waals surface area contributed by atoms with Crippen molar-refractivity contribution in [1.29, 1.82) is 0 Å². The van der Waals surface area contributed by atoms with Crippen LogP contribution in [0.3, 0.4) is 0 Å². The van der Waals surface area contributed by atoms with Crippen LogP contribution in [0.15, 0.2) is 29.3 Å². The van der Waals surface area contributed by atoms with Gasteiger partial charge in [0.05, 0.1) is 6.10 Å². The Morgan fingerprint density at radius 3 is 2.39 bits per heavy atom. The highest BCUT2D eigenvalue weighted by Crippen LogP contribution is 2.16. The number of carbonyl (C=O) groups excluding carboxylic acids is 1. The molecule has 1 rings (SSSR count). The summed E-state index contributed by atoms with van der Waals surface area (Å²) < 4.78 is 5.67. The molecule has 0 atom stereocenters. The van der Waals surface area contributed by atoms with Crippen molar-refractivity contribution in [3.05, 3.63) is 24.3 Å². The van der Waals surface area contributed by atoms with E-state index < -0.39 is 0 Å². The number of rotatable bonds is 9. The van der Waals surface area contributed by atoms with E-state index in [2.05, 4.69) is 39.8 Å². The average molecular weight is 392 g/mol. The van der Waals surface area contributed by atoms with Gasteiger partial charge in [0, 0.05) is 24.3 Å². The van der Waals surface area contributed by atoms with Gasteiger partial charge >= 0.3 is 0 Å². The lowest BCUT2D eigenvalue weighted by Gasteiger charge is -2.20. The van der Waals surface area contributed by atoms with Gasteiger partial charge in [-0.3, -0.25) is 4.79 Å². The number of benzene rings is 1. The Kier molecular flexibility index (Phi) is 9.79. The number of nitrogens with zero attached hydrogens (tertiary/aromatic N) is 2. The number of amides is 1. The zero-order chi connectivity index (χ0) is 21.2. The predicted molar refractivity (Wildman–Crippen MR) is 117 cm³/mol. The van der Waals surface area contributed by atoms with Crippen LogP contribution in [-0.4, -0.2) is 61.6 Å². The maximum atomic E-state index is 12.1. The summed E-state index contributed by atoms with van der Waals surface area (Å²) in [6, 6.07) is 7.69. The van der Waals surface area contributed by atoms with Crippen molar-refractivity contribution in [2.45, 2.75) is 53.2 Å². The molecule has 0 aliphatic heterocycles. The molecule has 1 aromatic carbocycles. The largest absolute Gasteiger partial charge is 0.491 e. The van der Waals surface area contributed by atoms with E-state index in [1.165, 1.54) is 0 Å². The van der Waals surface area contributed by atoms with Gasteiger partial charge in [0.15, 0.2) is 5.96 Å². The van der Waals surface area contributed by atoms with Crippen LogP contribution < -0.4 is 20.7 Å². The molecule has 0 spiro atoms. The van der Waals surface area contributed by atoms with Gasteiger partial charge in [-0.2, -0.15) is 0 Å². The molecule has 7 nitrogen and oxygen atoms in total. The van der Waals surface area contributed by atoms with Crippen molar-refractivity contribution < 1.29 is 9.53 Å². The Balaban J connectivity index is 2.75. The fraction of sp³-hybridized carbons (Fsp3) is 0.619. The van der Waals surface area contributed by atoms with E-state index in [0.29, 0.717) is 5.96 Å². The van der Waals surface area contributed by atoms with Gasteiger partial charge in [-0.1, -0.05) is 6.92 Å². The Morgan fingerprint density at radius 2 is 1.86 bits per heavy atom. The molecule has 0 aliphatic carbocycles. The number of hydrogen-bond donors (Lipinski definition) is 3. The summed E-state index contributed by atoms with van der Waals surface area (Å²) in [5.74, 6) is 1.28. The number of likely N-dealkylation sites (N-methyl/N-ethyl adjacent to an activating group) is 1. The van der Waals surface area contributed by atoms with Crippen molar-refractivity contribution in [3.63, 3.8) is 0 Å². The van der Waals surface area contributed by atoms with Crippen LogP contribution in [0.4, 0.5) is 5.69 Å². The Hall–Kier alpha value is -2.28. The highest BCUT2D eigenvalue weighted by atomic mass is 16.5. The van der Waals surface area contributed by atoms with Crippen LogP contribution in [0.5, 0.6) is 5.75 Å². The molecule has 0 heterocycles. The topological polar surface area (TPSA) is 78.0 Å². The standard InChI is InChI=1S/C21H37N5O2/c1-8-26(7)14-13-22-20(23-15-19(27)25-21(4,5)6)24-17-9-11-18(12-10-17)28-16(2)3/h9-12,16H,8,13-15H2,1-7H3,(H,25,27)(H2,22,23,24). The summed E-state index contributed by atoms with van der Waals surface area (Å²) in [5.41, 5.74) is 0.603. The first-order valence-electron chi connectivity index (χ1n) is 9.90. The minimum atomic E-state index is -0.274. The van der Waals surface area contributed by atoms with Crippen molar-refractivity contribution >= 4 is 17.6 Å². The fourth-order valence-electron chi connectivity index (χ4n) is 2.30. The second kappa shape index (κ2) is 11.5. The summed E-state index contributed by atoms with van der Waals surface area (Å²) in [7, 11) is 2.07. The monoisotopic (exact) mass is 391 g/mol. The molecule has 0 bridgehead atoms. The van der Waals surface area contributed by atoms with Gasteiger partial charge in [0.2, 0.25) is 5.91 Å². The van der Waals surface area contributed by atoms with Gasteiger partial charge in [-0.15, -0.1) is 0 Å². The summed E-state index contributed by atoms with van der Waals surface area (Å²) >= 11 is 0. The third-order valence-corrected chi connectivity index (χ3v) is 3.71. The van der Waals surface area contributed by atoms with E-state index in [1.54, 1.807) is 0 Å². The number of anilines is 1. The van der Waals surface area contributed by atoms with Crippen LogP contribution >= 0.6 is 0 Å². The first-order chi connectivity index (χ1) is 13.1. The van der Waals surface area contributed by atoms with Crippen molar-refractivity contribution in [1.82, 2.24) is 15.5 Å². The molecule has 0 unspecified atom stereocenters. The molecule has 0 fully saturated rings. The number of carbonyl (C=O) groups is 1. The van der Waals surface area contributed by atoms with Crippen molar-refractivity contribution in [2.75, 3.05) is 38.5 Å². The zero-order valence-electron chi connectivity index (χ0n) is 18.4. The van der Waals surface area contributed by atoms with Gasteiger partial charge in [0.25, 0.3) is 0 Å². The molecule has 158 valence electrons. The lowest BCUT2D eigenvalue weighted by Crippen LogP contribution is -2.42. The minimum Gasteiger partial charge on any atom is -0.491 e. The molecular weight excluding hydrogens is 354 g/mol. The SMILES string of the molecule is CCN(C)CCNC(=NCC(=O)NC(C)(C)C)Nc1ccc(OC(C)C)cc1. The van der Waals surface area contributed by atoms with Crippen molar-refractivity contribution in [2.24, 2.45) is 4.99 Å². The molecule has 1 amide bonds. The van der Waals surface area contributed by atoms with Crippen molar-refractivity contribution in [3.8, 4) is 5.75 Å². The van der Waals surface area contributed by atoms with Gasteiger partial charge in [0.1, 0.15) is 12.3 Å². The molecule has 7 heteroatoms. The Labute approximate surface area is 169 Å². The predicted octanol–water partition coefficient (Wildman–Crippen LogP) is 2.70. The quantitative estimate of drug-likeness (QED) is 0.446. The number of guanidine groups is 1. The molecule has 0 aliphatic rings. The number of aliphatic imine (C=N–C) groups is 1. The van der Waals surface area contributed by atoms with Crippen LogP contribution in [0.2, 0.25) is 0 Å². The Bertz CT molecular complexity index is 621. The molecule has 0 saturated carbocycles. The first kappa shape index (κ1) is 23.8. The van der Waals surface area contributed by atoms with Crippen LogP contribution in [0.25, 0.3) is 0 Å². The summed E-state index contributed by atoms with van der Waals surface area (Å²) in [4.78, 5) is 18.7. The molecular formula is C21H37N5O2. The van der Waals surface area contributed by atoms with Gasteiger partial charge in [-0.05, 0) is 72.5 Å². The van der Waals surface area contributed by atoms with E-state index >= 15 is 0 Å². The molecule has 1 aromatic rings. The van der Waals surface area contributed by atoms with Gasteiger partial charge < -0.3 is 25.6 Å². The highest BCUT2D eigenvalue weighted by molar-refractivity contribution is 5.95. The molecule has 0 aromatic heterocycles. The summed E-state index contributed by atoms with van der Waals surface area (Å²) in [6.07, 6.45) is 0.134. The van der Waals surface area contributed by atoms with E-state index in [9.17, 15) is 4.79 Å². The van der Waals surface area contributed by atoms with E-state index in [0.717, 1.165) is 31.1 Å². The van der Waals surface area contributed by atoms with E-state index in [-0.39, 0.29) is 24.1 Å². The summed E-state index contributed by atoms with van der Waals surface area (Å²) in [5, 5.41) is 9.46. The maximum absolute atomic E-state index is 12.1. The molecule has 3 N–H and O–H groups in total. The third kappa shape index (κ3) is 10.8. The number of ether oxygens (including phenoxy) is 1. The number of nitrogens with one attached hydrogen (secondary N) is 3. The van der Waals surface area contributed by atoms with E-state index in [4.69, 9.17) is 4.74 Å². The normalized spacial score (nSPS) is 12.2. The second-order valence-corrected chi connectivity index (χ2v) is 8.10. The maximum Gasteiger partial charge on any atom is 0.242 e. The lowest BCUT2D eigenvalue weighted by atomic mass is 10.1. The second-order valence-electron chi connectivity index (χ2n) is 8.10. The number of hydrogen-bond acceptors (Lipinski definition) is 4. The van der Waals surface area contributed by atoms with E-state index in [1.807, 2.05) is 58.9 Å². The van der Waals surface area contributed by atoms with Crippen LogP contribution in [0.1, 0.15) is 41.5 Å². The average Bonchev–Trinajstić information content (AvgIpc) is 2.59. The molecule has 0 radical (unpaired) electrons. The van der Waals surface area contributed by atoms with Gasteiger partial charge in [-0.25, -0.2) is 4.99 Å².